The van der Waals surface area contributed by atoms with E-state index in [0.29, 0.717) is 0 Å². The van der Waals surface area contributed by atoms with Crippen LogP contribution in [0.2, 0.25) is 0 Å². The van der Waals surface area contributed by atoms with E-state index in [1.165, 1.54) is 89.4 Å². The first-order valence-corrected chi connectivity index (χ1v) is 18.4. The molecule has 1 spiro atoms. The molecule has 0 aliphatic heterocycles. The number of aromatic nitrogens is 1. The Kier molecular flexibility index (Phi) is 7.53. The molecule has 9 rings (SSSR count). The summed E-state index contributed by atoms with van der Waals surface area (Å²) in [5, 5.41) is 0. The SMILES string of the molecule is C#CC1=C(c2ccccc2C)C2(c3cc(C)ccc31)c1ccccc1-c1ccc(-c3ccc(-n4c(/C=C\C)c(/C=C\C)c5c4CCC=C5)cc3)cc12. The summed E-state index contributed by atoms with van der Waals surface area (Å²) < 4.78 is 2.46. The summed E-state index contributed by atoms with van der Waals surface area (Å²) >= 11 is 0. The van der Waals surface area contributed by atoms with Crippen LogP contribution < -0.4 is 0 Å². The van der Waals surface area contributed by atoms with Gasteiger partial charge in [0.05, 0.1) is 11.1 Å². The van der Waals surface area contributed by atoms with Crippen LogP contribution in [0, 0.1) is 26.2 Å². The number of terminal acetylenes is 1. The molecule has 0 saturated heterocycles. The Balaban J connectivity index is 1.26. The monoisotopic (exact) mass is 667 g/mol. The van der Waals surface area contributed by atoms with Crippen molar-refractivity contribution in [1.29, 1.82) is 0 Å². The number of allylic oxidation sites excluding steroid dienone is 5. The predicted molar refractivity (Wildman–Crippen MR) is 221 cm³/mol. The average molecular weight is 668 g/mol. The van der Waals surface area contributed by atoms with Crippen LogP contribution in [0.4, 0.5) is 0 Å². The van der Waals surface area contributed by atoms with Crippen molar-refractivity contribution in [3.05, 3.63) is 189 Å². The summed E-state index contributed by atoms with van der Waals surface area (Å²) in [6.45, 7) is 8.60. The molecule has 1 heterocycles. The van der Waals surface area contributed by atoms with E-state index in [2.05, 4.69) is 184 Å². The van der Waals surface area contributed by atoms with E-state index in [-0.39, 0.29) is 0 Å². The molecule has 0 amide bonds. The lowest BCUT2D eigenvalue weighted by molar-refractivity contribution is 0.839. The Hall–Kier alpha value is -6.10. The molecule has 0 N–H and O–H groups in total. The number of nitrogens with zero attached hydrogens (tertiary/aromatic N) is 1. The number of aryl methyl sites for hydroxylation is 2. The molecule has 1 nitrogen and oxygen atoms in total. The molecule has 1 unspecified atom stereocenters. The molecule has 5 aromatic carbocycles. The van der Waals surface area contributed by atoms with E-state index in [0.717, 1.165) is 24.0 Å². The molecule has 52 heavy (non-hydrogen) atoms. The Morgan fingerprint density at radius 2 is 1.38 bits per heavy atom. The predicted octanol–water partition coefficient (Wildman–Crippen LogP) is 12.7. The van der Waals surface area contributed by atoms with Crippen LogP contribution in [-0.4, -0.2) is 4.57 Å². The van der Waals surface area contributed by atoms with Crippen LogP contribution in [0.1, 0.15) is 81.7 Å². The van der Waals surface area contributed by atoms with E-state index >= 15 is 0 Å². The van der Waals surface area contributed by atoms with Gasteiger partial charge in [-0.15, -0.1) is 6.42 Å². The van der Waals surface area contributed by atoms with Crippen LogP contribution in [0.25, 0.3) is 57.3 Å². The fourth-order valence-electron chi connectivity index (χ4n) is 9.30. The molecule has 0 saturated carbocycles. The molecule has 250 valence electrons. The van der Waals surface area contributed by atoms with Gasteiger partial charge in [-0.2, -0.15) is 0 Å². The first-order valence-electron chi connectivity index (χ1n) is 18.4. The van der Waals surface area contributed by atoms with Crippen LogP contribution >= 0.6 is 0 Å². The highest BCUT2D eigenvalue weighted by Gasteiger charge is 2.53. The lowest BCUT2D eigenvalue weighted by atomic mass is 9.67. The van der Waals surface area contributed by atoms with Crippen molar-refractivity contribution < 1.29 is 0 Å². The molecule has 1 atom stereocenters. The fraction of sp³-hybridized carbons (Fsp3) is 0.137. The zero-order valence-electron chi connectivity index (χ0n) is 30.3. The molecule has 0 radical (unpaired) electrons. The molecule has 0 bridgehead atoms. The van der Waals surface area contributed by atoms with Gasteiger partial charge in [-0.05, 0) is 126 Å². The highest BCUT2D eigenvalue weighted by Crippen LogP contribution is 2.65. The van der Waals surface area contributed by atoms with Crippen molar-refractivity contribution in [1.82, 2.24) is 4.57 Å². The van der Waals surface area contributed by atoms with Crippen molar-refractivity contribution in [3.63, 3.8) is 0 Å². The Bertz CT molecular complexity index is 2610. The van der Waals surface area contributed by atoms with Gasteiger partial charge in [0.2, 0.25) is 0 Å². The number of hydrogen-bond acceptors (Lipinski definition) is 0. The second-order valence-electron chi connectivity index (χ2n) is 14.3. The number of fused-ring (bicyclic) bond motifs is 8. The van der Waals surface area contributed by atoms with Gasteiger partial charge in [0.15, 0.2) is 0 Å². The topological polar surface area (TPSA) is 4.93 Å². The van der Waals surface area contributed by atoms with E-state index in [1.54, 1.807) is 0 Å². The van der Waals surface area contributed by atoms with Crippen LogP contribution in [-0.2, 0) is 11.8 Å². The lowest BCUT2D eigenvalue weighted by Gasteiger charge is -2.34. The third kappa shape index (κ3) is 4.44. The average Bonchev–Trinajstić information content (AvgIpc) is 3.76. The van der Waals surface area contributed by atoms with Crippen LogP contribution in [0.3, 0.4) is 0 Å². The molecule has 1 aromatic heterocycles. The van der Waals surface area contributed by atoms with E-state index in [4.69, 9.17) is 6.42 Å². The summed E-state index contributed by atoms with van der Waals surface area (Å²) in [5.41, 5.74) is 21.7. The van der Waals surface area contributed by atoms with Crippen molar-refractivity contribution in [3.8, 4) is 40.3 Å². The minimum Gasteiger partial charge on any atom is -0.313 e. The Morgan fingerprint density at radius 3 is 2.15 bits per heavy atom. The van der Waals surface area contributed by atoms with Gasteiger partial charge in [-0.1, -0.05) is 133 Å². The first-order chi connectivity index (χ1) is 25.5. The Labute approximate surface area is 308 Å². The highest BCUT2D eigenvalue weighted by molar-refractivity contribution is 6.14. The number of rotatable bonds is 5. The maximum absolute atomic E-state index is 6.51. The zero-order chi connectivity index (χ0) is 35.6. The Morgan fingerprint density at radius 1 is 0.692 bits per heavy atom. The van der Waals surface area contributed by atoms with Crippen LogP contribution in [0.15, 0.2) is 127 Å². The summed E-state index contributed by atoms with van der Waals surface area (Å²) in [6.07, 6.45) is 22.0. The fourth-order valence-corrected chi connectivity index (χ4v) is 9.30. The number of hydrogen-bond donors (Lipinski definition) is 0. The lowest BCUT2D eigenvalue weighted by Crippen LogP contribution is -2.27. The van der Waals surface area contributed by atoms with Crippen molar-refractivity contribution in [2.24, 2.45) is 0 Å². The van der Waals surface area contributed by atoms with Crippen molar-refractivity contribution in [2.75, 3.05) is 0 Å². The minimum atomic E-state index is -0.542. The van der Waals surface area contributed by atoms with E-state index in [1.807, 2.05) is 0 Å². The quantitative estimate of drug-likeness (QED) is 0.161. The van der Waals surface area contributed by atoms with Crippen molar-refractivity contribution in [2.45, 2.75) is 46.0 Å². The summed E-state index contributed by atoms with van der Waals surface area (Å²) in [5.74, 6) is 3.21. The van der Waals surface area contributed by atoms with E-state index < -0.39 is 5.41 Å². The summed E-state index contributed by atoms with van der Waals surface area (Å²) in [4.78, 5) is 0. The normalized spacial score (nSPS) is 16.8. The van der Waals surface area contributed by atoms with Gasteiger partial charge in [-0.25, -0.2) is 0 Å². The van der Waals surface area contributed by atoms with Gasteiger partial charge in [0.1, 0.15) is 0 Å². The molecule has 3 aliphatic rings. The second-order valence-corrected chi connectivity index (χ2v) is 14.3. The maximum Gasteiger partial charge on any atom is 0.0738 e. The smallest absolute Gasteiger partial charge is 0.0738 e. The summed E-state index contributed by atoms with van der Waals surface area (Å²) in [7, 11) is 0. The maximum atomic E-state index is 6.51. The van der Waals surface area contributed by atoms with Crippen molar-refractivity contribution >= 4 is 29.4 Å². The van der Waals surface area contributed by atoms with E-state index in [9.17, 15) is 0 Å². The van der Waals surface area contributed by atoms with Gasteiger partial charge in [0.25, 0.3) is 0 Å². The van der Waals surface area contributed by atoms with Gasteiger partial charge < -0.3 is 4.57 Å². The largest absolute Gasteiger partial charge is 0.313 e. The molecular formula is C51H41N. The number of benzene rings is 5. The zero-order valence-corrected chi connectivity index (χ0v) is 30.3. The third-order valence-corrected chi connectivity index (χ3v) is 11.4. The molecule has 0 fully saturated rings. The molecular weight excluding hydrogens is 627 g/mol. The van der Waals surface area contributed by atoms with Gasteiger partial charge in [0, 0.05) is 28.1 Å². The second kappa shape index (κ2) is 12.3. The van der Waals surface area contributed by atoms with Gasteiger partial charge >= 0.3 is 0 Å². The van der Waals surface area contributed by atoms with Gasteiger partial charge in [-0.3, -0.25) is 0 Å². The highest BCUT2D eigenvalue weighted by atomic mass is 15.0. The summed E-state index contributed by atoms with van der Waals surface area (Å²) in [6, 6.07) is 40.8. The standard InChI is InChI=1S/C51H41N/c1-6-15-43-44-20-12-14-22-49(44)52(48(43)16-7-2)37-27-24-35(25-28-37)36-26-30-42-40-19-11-13-21-45(40)51(47(42)32-36)46-31-33(4)23-29-41(46)38(8-3)50(51)39-18-10-9-17-34(39)5/h3,6-7,9-13,15-21,23-32H,14,22H2,1-2,4-5H3/b15-6-,16-7-. The first kappa shape index (κ1) is 31.9. The molecule has 6 aromatic rings. The minimum absolute atomic E-state index is 0.542. The van der Waals surface area contributed by atoms with Crippen LogP contribution in [0.5, 0.6) is 0 Å². The third-order valence-electron chi connectivity index (χ3n) is 11.4. The molecule has 1 heteroatoms. The molecule has 3 aliphatic carbocycles.